The first-order chi connectivity index (χ1) is 9.65. The zero-order valence-corrected chi connectivity index (χ0v) is 12.0. The lowest BCUT2D eigenvalue weighted by atomic mass is 10.1. The second-order valence-electron chi connectivity index (χ2n) is 5.13. The van der Waals surface area contributed by atoms with E-state index in [0.29, 0.717) is 11.3 Å². The van der Waals surface area contributed by atoms with E-state index in [0.717, 1.165) is 31.7 Å². The summed E-state index contributed by atoms with van der Waals surface area (Å²) in [6.07, 6.45) is 1.23. The Labute approximate surface area is 120 Å². The highest BCUT2D eigenvalue weighted by atomic mass is 15.2. The van der Waals surface area contributed by atoms with Crippen molar-refractivity contribution in [3.63, 3.8) is 0 Å². The smallest absolute Gasteiger partial charge is 0.0449 e. The molecule has 5 N–H and O–H groups in total. The number of nitrogens with one attached hydrogen (secondary N) is 1. The summed E-state index contributed by atoms with van der Waals surface area (Å²) in [7, 11) is 2.14. The molecule has 0 saturated carbocycles. The summed E-state index contributed by atoms with van der Waals surface area (Å²) in [6, 6.07) is 8.16. The fraction of sp³-hybridized carbons (Fsp3) is 0.400. The molecule has 5 nitrogen and oxygen atoms in total. The number of hydrogen-bond acceptors (Lipinski definition) is 5. The Kier molecular flexibility index (Phi) is 4.76. The highest BCUT2D eigenvalue weighted by Crippen LogP contribution is 2.21. The third kappa shape index (κ3) is 3.18. The van der Waals surface area contributed by atoms with Gasteiger partial charge >= 0.3 is 0 Å². The number of anilines is 1. The molecular weight excluding hydrogens is 250 g/mol. The van der Waals surface area contributed by atoms with Gasteiger partial charge in [-0.15, -0.1) is 0 Å². The minimum atomic E-state index is 0.286. The number of benzene rings is 1. The first-order valence-corrected chi connectivity index (χ1v) is 6.88. The zero-order valence-electron chi connectivity index (χ0n) is 12.0. The predicted octanol–water partition coefficient (Wildman–Crippen LogP) is 0.716. The van der Waals surface area contributed by atoms with E-state index >= 15 is 0 Å². The lowest BCUT2D eigenvalue weighted by Gasteiger charge is -2.34. The molecule has 108 valence electrons. The van der Waals surface area contributed by atoms with Crippen LogP contribution in [0.1, 0.15) is 5.56 Å². The van der Waals surface area contributed by atoms with Crippen molar-refractivity contribution in [1.82, 2.24) is 4.90 Å². The van der Waals surface area contributed by atoms with Crippen molar-refractivity contribution in [3.8, 4) is 0 Å². The molecule has 2 rings (SSSR count). The number of rotatable bonds is 4. The Morgan fingerprint density at radius 1 is 1.30 bits per heavy atom. The second kappa shape index (κ2) is 6.54. The summed E-state index contributed by atoms with van der Waals surface area (Å²) >= 11 is 0. The topological polar surface area (TPSA) is 82.4 Å². The van der Waals surface area contributed by atoms with Crippen molar-refractivity contribution in [1.29, 1.82) is 5.41 Å². The van der Waals surface area contributed by atoms with Gasteiger partial charge in [0.25, 0.3) is 0 Å². The third-order valence-corrected chi connectivity index (χ3v) is 3.77. The molecule has 0 unspecified atom stereocenters. The number of piperazine rings is 1. The molecule has 1 aromatic carbocycles. The number of nitrogens with zero attached hydrogens (tertiary/aromatic N) is 2. The van der Waals surface area contributed by atoms with E-state index < -0.39 is 0 Å². The van der Waals surface area contributed by atoms with Crippen LogP contribution in [0.15, 0.2) is 29.8 Å². The van der Waals surface area contributed by atoms with Crippen LogP contribution >= 0.6 is 0 Å². The largest absolute Gasteiger partial charge is 0.398 e. The van der Waals surface area contributed by atoms with Crippen molar-refractivity contribution in [2.24, 2.45) is 11.5 Å². The standard InChI is InChI=1S/C15H23N5/c1-19-5-7-20(8-6-19)14-4-2-3-12(9-14)15(18)13(10-16)11-17/h2-4,9-10,16H,5-8,11,17-18H2,1H3/b15-13-,16-10?. The Hall–Kier alpha value is -1.85. The van der Waals surface area contributed by atoms with Crippen molar-refractivity contribution >= 4 is 17.6 Å². The molecule has 0 spiro atoms. The van der Waals surface area contributed by atoms with Gasteiger partial charge in [0.2, 0.25) is 0 Å². The summed E-state index contributed by atoms with van der Waals surface area (Å²) in [5.74, 6) is 0. The predicted molar refractivity (Wildman–Crippen MR) is 85.1 cm³/mol. The maximum atomic E-state index is 7.35. The zero-order chi connectivity index (χ0) is 14.5. The van der Waals surface area contributed by atoms with E-state index in [9.17, 15) is 0 Å². The first kappa shape index (κ1) is 14.6. The molecule has 0 aliphatic carbocycles. The summed E-state index contributed by atoms with van der Waals surface area (Å²) in [5.41, 5.74) is 15.1. The molecule has 1 aliphatic rings. The normalized spacial score (nSPS) is 17.8. The minimum Gasteiger partial charge on any atom is -0.398 e. The van der Waals surface area contributed by atoms with Gasteiger partial charge in [-0.1, -0.05) is 12.1 Å². The van der Waals surface area contributed by atoms with Crippen LogP contribution in [-0.2, 0) is 0 Å². The fourth-order valence-corrected chi connectivity index (χ4v) is 2.37. The molecule has 0 radical (unpaired) electrons. The maximum absolute atomic E-state index is 7.35. The van der Waals surface area contributed by atoms with Gasteiger partial charge in [0, 0.05) is 55.9 Å². The van der Waals surface area contributed by atoms with Crippen LogP contribution in [0.5, 0.6) is 0 Å². The van der Waals surface area contributed by atoms with Gasteiger partial charge in [-0.05, 0) is 24.7 Å². The lowest BCUT2D eigenvalue weighted by molar-refractivity contribution is 0.313. The van der Waals surface area contributed by atoms with E-state index in [1.54, 1.807) is 0 Å². The third-order valence-electron chi connectivity index (χ3n) is 3.77. The Bertz CT molecular complexity index is 501. The van der Waals surface area contributed by atoms with Crippen molar-refractivity contribution in [2.75, 3.05) is 44.7 Å². The molecular formula is C15H23N5. The average Bonchev–Trinajstić information content (AvgIpc) is 2.49. The highest BCUT2D eigenvalue weighted by Gasteiger charge is 2.14. The average molecular weight is 273 g/mol. The molecule has 1 fully saturated rings. The van der Waals surface area contributed by atoms with Gasteiger partial charge in [0.1, 0.15) is 0 Å². The quantitative estimate of drug-likeness (QED) is 0.706. The van der Waals surface area contributed by atoms with E-state index in [4.69, 9.17) is 16.9 Å². The van der Waals surface area contributed by atoms with Crippen LogP contribution in [-0.4, -0.2) is 50.9 Å². The summed E-state index contributed by atoms with van der Waals surface area (Å²) in [5, 5.41) is 7.35. The second-order valence-corrected chi connectivity index (χ2v) is 5.13. The van der Waals surface area contributed by atoms with Crippen LogP contribution in [0, 0.1) is 5.41 Å². The van der Waals surface area contributed by atoms with Crippen LogP contribution in [0.2, 0.25) is 0 Å². The number of likely N-dealkylation sites (N-methyl/N-ethyl adjacent to an activating group) is 1. The van der Waals surface area contributed by atoms with Crippen LogP contribution < -0.4 is 16.4 Å². The Morgan fingerprint density at radius 2 is 2.00 bits per heavy atom. The number of hydrogen-bond donors (Lipinski definition) is 3. The Morgan fingerprint density at radius 3 is 2.60 bits per heavy atom. The van der Waals surface area contributed by atoms with E-state index in [1.165, 1.54) is 11.9 Å². The van der Waals surface area contributed by atoms with Crippen molar-refractivity contribution in [3.05, 3.63) is 35.4 Å². The van der Waals surface area contributed by atoms with Crippen LogP contribution in [0.3, 0.4) is 0 Å². The van der Waals surface area contributed by atoms with Gasteiger partial charge in [-0.2, -0.15) is 0 Å². The van der Waals surface area contributed by atoms with E-state index in [-0.39, 0.29) is 6.54 Å². The lowest BCUT2D eigenvalue weighted by Crippen LogP contribution is -2.44. The molecule has 1 heterocycles. The summed E-state index contributed by atoms with van der Waals surface area (Å²) in [4.78, 5) is 4.69. The van der Waals surface area contributed by atoms with Crippen LogP contribution in [0.4, 0.5) is 5.69 Å². The molecule has 1 saturated heterocycles. The summed E-state index contributed by atoms with van der Waals surface area (Å²) in [6.45, 7) is 4.48. The van der Waals surface area contributed by atoms with Gasteiger partial charge < -0.3 is 26.7 Å². The Balaban J connectivity index is 2.24. The van der Waals surface area contributed by atoms with E-state index in [2.05, 4.69) is 29.0 Å². The van der Waals surface area contributed by atoms with Gasteiger partial charge in [-0.25, -0.2) is 0 Å². The molecule has 5 heteroatoms. The van der Waals surface area contributed by atoms with Crippen molar-refractivity contribution in [2.45, 2.75) is 0 Å². The van der Waals surface area contributed by atoms with Gasteiger partial charge in [0.15, 0.2) is 0 Å². The van der Waals surface area contributed by atoms with Gasteiger partial charge in [-0.3, -0.25) is 0 Å². The SMILES string of the molecule is CN1CCN(c2cccc(/C(N)=C(\C=N)CN)c2)CC1. The molecule has 1 aromatic rings. The number of nitrogens with two attached hydrogens (primary N) is 2. The molecule has 20 heavy (non-hydrogen) atoms. The molecule has 0 amide bonds. The highest BCUT2D eigenvalue weighted by molar-refractivity contribution is 5.89. The monoisotopic (exact) mass is 273 g/mol. The fourth-order valence-electron chi connectivity index (χ4n) is 2.37. The van der Waals surface area contributed by atoms with Crippen LogP contribution in [0.25, 0.3) is 5.70 Å². The molecule has 1 aliphatic heterocycles. The maximum Gasteiger partial charge on any atom is 0.0449 e. The van der Waals surface area contributed by atoms with E-state index in [1.807, 2.05) is 12.1 Å². The molecule has 0 atom stereocenters. The molecule has 0 aromatic heterocycles. The van der Waals surface area contributed by atoms with Crippen molar-refractivity contribution < 1.29 is 0 Å². The first-order valence-electron chi connectivity index (χ1n) is 6.88. The summed E-state index contributed by atoms with van der Waals surface area (Å²) < 4.78 is 0. The minimum absolute atomic E-state index is 0.286. The van der Waals surface area contributed by atoms with Gasteiger partial charge in [0.05, 0.1) is 0 Å². The molecule has 0 bridgehead atoms.